The Bertz CT molecular complexity index is 381. The predicted molar refractivity (Wildman–Crippen MR) is 80.3 cm³/mol. The predicted octanol–water partition coefficient (Wildman–Crippen LogP) is 3.62. The number of aliphatic hydroxyl groups excluding tert-OH is 1. The van der Waals surface area contributed by atoms with Gasteiger partial charge in [-0.05, 0) is 36.3 Å². The summed E-state index contributed by atoms with van der Waals surface area (Å²) in [5.74, 6) is 1.48. The van der Waals surface area contributed by atoms with E-state index in [4.69, 9.17) is 0 Å². The lowest BCUT2D eigenvalue weighted by atomic mass is 10.00. The average Bonchev–Trinajstić information content (AvgIpc) is 3.20. The lowest BCUT2D eigenvalue weighted by molar-refractivity contribution is 0.169. The van der Waals surface area contributed by atoms with Crippen LogP contribution < -0.4 is 5.32 Å². The van der Waals surface area contributed by atoms with Crippen molar-refractivity contribution in [2.75, 3.05) is 6.54 Å². The van der Waals surface area contributed by atoms with Crippen molar-refractivity contribution in [3.63, 3.8) is 0 Å². The molecule has 0 heterocycles. The van der Waals surface area contributed by atoms with Crippen LogP contribution in [-0.2, 0) is 0 Å². The van der Waals surface area contributed by atoms with Gasteiger partial charge in [0.2, 0.25) is 0 Å². The summed E-state index contributed by atoms with van der Waals surface area (Å²) in [6.07, 6.45) is 3.64. The SMILES string of the molecule is CC(CC1CC1)NCC(O)c1ccc(C(C)C)cc1. The lowest BCUT2D eigenvalue weighted by Gasteiger charge is -2.17. The molecule has 1 aliphatic carbocycles. The summed E-state index contributed by atoms with van der Waals surface area (Å²) in [5, 5.41) is 13.6. The molecule has 1 aromatic rings. The molecular weight excluding hydrogens is 234 g/mol. The number of benzene rings is 1. The van der Waals surface area contributed by atoms with Crippen molar-refractivity contribution in [1.82, 2.24) is 5.32 Å². The Morgan fingerprint density at radius 3 is 2.21 bits per heavy atom. The third-order valence-corrected chi connectivity index (χ3v) is 4.03. The van der Waals surface area contributed by atoms with E-state index in [1.165, 1.54) is 24.8 Å². The first-order chi connectivity index (χ1) is 9.06. The summed E-state index contributed by atoms with van der Waals surface area (Å²) in [6, 6.07) is 8.85. The first kappa shape index (κ1) is 14.5. The molecule has 0 amide bonds. The van der Waals surface area contributed by atoms with E-state index in [0.29, 0.717) is 18.5 Å². The molecule has 19 heavy (non-hydrogen) atoms. The fourth-order valence-electron chi connectivity index (χ4n) is 2.47. The monoisotopic (exact) mass is 261 g/mol. The first-order valence-corrected chi connectivity index (χ1v) is 7.57. The van der Waals surface area contributed by atoms with Crippen molar-refractivity contribution in [3.05, 3.63) is 35.4 Å². The highest BCUT2D eigenvalue weighted by Gasteiger charge is 2.23. The van der Waals surface area contributed by atoms with Gasteiger partial charge in [0.05, 0.1) is 6.10 Å². The number of hydrogen-bond acceptors (Lipinski definition) is 2. The summed E-state index contributed by atoms with van der Waals surface area (Å²) in [6.45, 7) is 7.24. The normalized spacial score (nSPS) is 18.6. The largest absolute Gasteiger partial charge is 0.387 e. The van der Waals surface area contributed by atoms with Crippen molar-refractivity contribution in [2.24, 2.45) is 5.92 Å². The molecule has 2 atom stereocenters. The highest BCUT2D eigenvalue weighted by molar-refractivity contribution is 5.26. The van der Waals surface area contributed by atoms with Gasteiger partial charge in [0.15, 0.2) is 0 Å². The Balaban J connectivity index is 1.79. The van der Waals surface area contributed by atoms with E-state index in [9.17, 15) is 5.11 Å². The maximum atomic E-state index is 10.2. The molecule has 0 aliphatic heterocycles. The maximum Gasteiger partial charge on any atom is 0.0914 e. The van der Waals surface area contributed by atoms with Crippen molar-refractivity contribution < 1.29 is 5.11 Å². The average molecular weight is 261 g/mol. The van der Waals surface area contributed by atoms with Crippen LogP contribution >= 0.6 is 0 Å². The molecule has 1 fully saturated rings. The standard InChI is InChI=1S/C17H27NO/c1-12(2)15-6-8-16(9-7-15)17(19)11-18-13(3)10-14-4-5-14/h6-9,12-14,17-19H,4-5,10-11H2,1-3H3. The lowest BCUT2D eigenvalue weighted by Crippen LogP contribution is -2.30. The molecule has 0 aromatic heterocycles. The summed E-state index contributed by atoms with van der Waals surface area (Å²) >= 11 is 0. The van der Waals surface area contributed by atoms with Crippen LogP contribution in [0.4, 0.5) is 0 Å². The van der Waals surface area contributed by atoms with Gasteiger partial charge in [-0.2, -0.15) is 0 Å². The van der Waals surface area contributed by atoms with Crippen LogP contribution in [0.2, 0.25) is 0 Å². The fourth-order valence-corrected chi connectivity index (χ4v) is 2.47. The van der Waals surface area contributed by atoms with Gasteiger partial charge in [-0.3, -0.25) is 0 Å². The van der Waals surface area contributed by atoms with Gasteiger partial charge < -0.3 is 10.4 Å². The molecule has 0 spiro atoms. The van der Waals surface area contributed by atoms with Gasteiger partial charge in [0, 0.05) is 12.6 Å². The fraction of sp³-hybridized carbons (Fsp3) is 0.647. The van der Waals surface area contributed by atoms with Gasteiger partial charge in [-0.15, -0.1) is 0 Å². The molecule has 1 aromatic carbocycles. The molecule has 0 radical (unpaired) electrons. The zero-order valence-corrected chi connectivity index (χ0v) is 12.4. The van der Waals surface area contributed by atoms with Crippen molar-refractivity contribution in [2.45, 2.75) is 58.1 Å². The summed E-state index contributed by atoms with van der Waals surface area (Å²) in [5.41, 5.74) is 2.33. The summed E-state index contributed by atoms with van der Waals surface area (Å²) in [4.78, 5) is 0. The molecule has 106 valence electrons. The van der Waals surface area contributed by atoms with Crippen LogP contribution in [0.3, 0.4) is 0 Å². The number of rotatable bonds is 7. The van der Waals surface area contributed by atoms with E-state index in [0.717, 1.165) is 11.5 Å². The molecule has 2 N–H and O–H groups in total. The summed E-state index contributed by atoms with van der Waals surface area (Å²) < 4.78 is 0. The molecule has 0 bridgehead atoms. The smallest absolute Gasteiger partial charge is 0.0914 e. The van der Waals surface area contributed by atoms with Crippen molar-refractivity contribution in [1.29, 1.82) is 0 Å². The quantitative estimate of drug-likeness (QED) is 0.785. The van der Waals surface area contributed by atoms with Crippen LogP contribution in [0.5, 0.6) is 0 Å². The topological polar surface area (TPSA) is 32.3 Å². The van der Waals surface area contributed by atoms with Crippen LogP contribution in [0.15, 0.2) is 24.3 Å². The van der Waals surface area contributed by atoms with Crippen LogP contribution in [-0.4, -0.2) is 17.7 Å². The molecule has 2 rings (SSSR count). The molecule has 1 saturated carbocycles. The van der Waals surface area contributed by atoms with Gasteiger partial charge in [0.1, 0.15) is 0 Å². The maximum absolute atomic E-state index is 10.2. The van der Waals surface area contributed by atoms with Crippen LogP contribution in [0, 0.1) is 5.92 Å². The third-order valence-electron chi connectivity index (χ3n) is 4.03. The number of aliphatic hydroxyl groups is 1. The van der Waals surface area contributed by atoms with Gasteiger partial charge in [0.25, 0.3) is 0 Å². The second-order valence-corrected chi connectivity index (χ2v) is 6.33. The Morgan fingerprint density at radius 1 is 1.11 bits per heavy atom. The van der Waals surface area contributed by atoms with E-state index in [-0.39, 0.29) is 0 Å². The highest BCUT2D eigenvalue weighted by atomic mass is 16.3. The highest BCUT2D eigenvalue weighted by Crippen LogP contribution is 2.33. The van der Waals surface area contributed by atoms with Crippen molar-refractivity contribution >= 4 is 0 Å². The molecule has 0 saturated heterocycles. The number of hydrogen-bond donors (Lipinski definition) is 2. The molecular formula is C17H27NO. The van der Waals surface area contributed by atoms with E-state index in [2.05, 4.69) is 38.2 Å². The van der Waals surface area contributed by atoms with Gasteiger partial charge in [-0.25, -0.2) is 0 Å². The minimum absolute atomic E-state index is 0.400. The van der Waals surface area contributed by atoms with E-state index in [1.807, 2.05) is 12.1 Å². The molecule has 1 aliphatic rings. The van der Waals surface area contributed by atoms with Gasteiger partial charge in [-0.1, -0.05) is 51.0 Å². The number of nitrogens with one attached hydrogen (secondary N) is 1. The second kappa shape index (κ2) is 6.53. The van der Waals surface area contributed by atoms with Crippen LogP contribution in [0.1, 0.15) is 63.2 Å². The van der Waals surface area contributed by atoms with Crippen LogP contribution in [0.25, 0.3) is 0 Å². The van der Waals surface area contributed by atoms with E-state index in [1.54, 1.807) is 0 Å². The Morgan fingerprint density at radius 2 is 1.68 bits per heavy atom. The van der Waals surface area contributed by atoms with E-state index >= 15 is 0 Å². The summed E-state index contributed by atoms with van der Waals surface area (Å²) in [7, 11) is 0. The Labute approximate surface area is 117 Å². The van der Waals surface area contributed by atoms with Gasteiger partial charge >= 0.3 is 0 Å². The minimum atomic E-state index is -0.400. The molecule has 2 nitrogen and oxygen atoms in total. The molecule has 2 unspecified atom stereocenters. The first-order valence-electron chi connectivity index (χ1n) is 7.57. The second-order valence-electron chi connectivity index (χ2n) is 6.33. The van der Waals surface area contributed by atoms with E-state index < -0.39 is 6.10 Å². The Kier molecular flexibility index (Phi) is 5.00. The molecule has 2 heteroatoms. The zero-order chi connectivity index (χ0) is 13.8. The van der Waals surface area contributed by atoms with Crippen molar-refractivity contribution in [3.8, 4) is 0 Å². The third kappa shape index (κ3) is 4.63. The zero-order valence-electron chi connectivity index (χ0n) is 12.4. The minimum Gasteiger partial charge on any atom is -0.387 e. The Hall–Kier alpha value is -0.860.